The maximum absolute atomic E-state index is 13.6. The molecule has 0 aromatic heterocycles. The molecule has 0 radical (unpaired) electrons. The third-order valence-corrected chi connectivity index (χ3v) is 3.29. The van der Waals surface area contributed by atoms with Crippen LogP contribution in [0.2, 0.25) is 5.02 Å². The van der Waals surface area contributed by atoms with Gasteiger partial charge in [0.1, 0.15) is 6.10 Å². The fraction of sp³-hybridized carbons (Fsp3) is 0.462. The second-order valence-electron chi connectivity index (χ2n) is 4.27. The minimum absolute atomic E-state index is 0.0527. The molecule has 17 heavy (non-hydrogen) atoms. The molecule has 1 fully saturated rings. The molecule has 1 aliphatic carbocycles. The van der Waals surface area contributed by atoms with Crippen LogP contribution in [0.15, 0.2) is 18.2 Å². The van der Waals surface area contributed by atoms with Gasteiger partial charge >= 0.3 is 5.97 Å². The third-order valence-electron chi connectivity index (χ3n) is 3.00. The number of carbonyl (C=O) groups excluding carboxylic acids is 1. The molecule has 2 rings (SSSR count). The van der Waals surface area contributed by atoms with Crippen molar-refractivity contribution in [3.8, 4) is 0 Å². The molecular formula is C13H14ClFO2. The predicted octanol–water partition coefficient (Wildman–Crippen LogP) is 3.97. The third kappa shape index (κ3) is 2.97. The Morgan fingerprint density at radius 1 is 1.29 bits per heavy atom. The lowest BCUT2D eigenvalue weighted by Gasteiger charge is -2.21. The van der Waals surface area contributed by atoms with E-state index in [0.29, 0.717) is 0 Å². The van der Waals surface area contributed by atoms with Gasteiger partial charge in [0.05, 0.1) is 10.6 Å². The van der Waals surface area contributed by atoms with Crippen molar-refractivity contribution in [2.24, 2.45) is 0 Å². The smallest absolute Gasteiger partial charge is 0.341 e. The van der Waals surface area contributed by atoms with E-state index >= 15 is 0 Å². The first-order valence-corrected chi connectivity index (χ1v) is 6.21. The molecule has 0 heterocycles. The van der Waals surface area contributed by atoms with Gasteiger partial charge in [-0.25, -0.2) is 9.18 Å². The first-order valence-electron chi connectivity index (χ1n) is 5.83. The minimum Gasteiger partial charge on any atom is -0.459 e. The topological polar surface area (TPSA) is 26.3 Å². The van der Waals surface area contributed by atoms with E-state index in [1.54, 1.807) is 6.07 Å². The Morgan fingerprint density at radius 2 is 2.00 bits per heavy atom. The summed E-state index contributed by atoms with van der Waals surface area (Å²) in [4.78, 5) is 11.8. The quantitative estimate of drug-likeness (QED) is 0.749. The molecule has 1 saturated carbocycles. The van der Waals surface area contributed by atoms with Gasteiger partial charge in [0, 0.05) is 0 Å². The molecule has 2 nitrogen and oxygen atoms in total. The van der Waals surface area contributed by atoms with E-state index in [1.165, 1.54) is 18.6 Å². The highest BCUT2D eigenvalue weighted by atomic mass is 35.5. The maximum atomic E-state index is 13.6. The Morgan fingerprint density at radius 3 is 2.71 bits per heavy atom. The molecule has 1 aromatic carbocycles. The zero-order chi connectivity index (χ0) is 12.3. The molecule has 0 aliphatic heterocycles. The fourth-order valence-corrected chi connectivity index (χ4v) is 2.23. The van der Waals surface area contributed by atoms with E-state index in [-0.39, 0.29) is 16.7 Å². The summed E-state index contributed by atoms with van der Waals surface area (Å²) < 4.78 is 18.8. The van der Waals surface area contributed by atoms with Crippen LogP contribution in [0.25, 0.3) is 0 Å². The zero-order valence-electron chi connectivity index (χ0n) is 9.42. The fourth-order valence-electron chi connectivity index (χ4n) is 2.06. The summed E-state index contributed by atoms with van der Waals surface area (Å²) in [5.41, 5.74) is -0.0805. The molecule has 0 saturated heterocycles. The molecule has 0 amide bonds. The molecule has 0 N–H and O–H groups in total. The van der Waals surface area contributed by atoms with Crippen molar-refractivity contribution in [2.75, 3.05) is 0 Å². The molecule has 1 aromatic rings. The largest absolute Gasteiger partial charge is 0.459 e. The van der Waals surface area contributed by atoms with Gasteiger partial charge in [-0.3, -0.25) is 0 Å². The van der Waals surface area contributed by atoms with E-state index in [1.807, 2.05) is 0 Å². The Balaban J connectivity index is 2.06. The highest BCUT2D eigenvalue weighted by Gasteiger charge is 2.21. The van der Waals surface area contributed by atoms with Crippen LogP contribution in [-0.2, 0) is 4.74 Å². The lowest BCUT2D eigenvalue weighted by atomic mass is 9.98. The van der Waals surface area contributed by atoms with Gasteiger partial charge in [0.2, 0.25) is 0 Å². The van der Waals surface area contributed by atoms with Crippen molar-refractivity contribution < 1.29 is 13.9 Å². The number of halogens is 2. The van der Waals surface area contributed by atoms with Crippen LogP contribution in [0.5, 0.6) is 0 Å². The van der Waals surface area contributed by atoms with E-state index in [9.17, 15) is 9.18 Å². The van der Waals surface area contributed by atoms with Crippen molar-refractivity contribution in [1.82, 2.24) is 0 Å². The van der Waals surface area contributed by atoms with Crippen molar-refractivity contribution in [3.05, 3.63) is 34.6 Å². The number of hydrogen-bond acceptors (Lipinski definition) is 2. The normalized spacial score (nSPS) is 16.8. The summed E-state index contributed by atoms with van der Waals surface area (Å²) in [6, 6.07) is 4.35. The number of hydrogen-bond donors (Lipinski definition) is 0. The summed E-state index contributed by atoms with van der Waals surface area (Å²) >= 11 is 5.62. The first-order chi connectivity index (χ1) is 8.18. The van der Waals surface area contributed by atoms with E-state index in [4.69, 9.17) is 16.3 Å². The molecule has 0 unspecified atom stereocenters. The predicted molar refractivity (Wildman–Crippen MR) is 63.7 cm³/mol. The Bertz CT molecular complexity index is 414. The number of rotatable bonds is 2. The SMILES string of the molecule is O=C(OC1CCCCC1)c1cccc(Cl)c1F. The summed E-state index contributed by atoms with van der Waals surface area (Å²) in [6.07, 6.45) is 4.97. The molecular weight excluding hydrogens is 243 g/mol. The van der Waals surface area contributed by atoms with Gasteiger partial charge in [-0.1, -0.05) is 24.1 Å². The maximum Gasteiger partial charge on any atom is 0.341 e. The van der Waals surface area contributed by atoms with Crippen LogP contribution in [0.4, 0.5) is 4.39 Å². The van der Waals surface area contributed by atoms with Gasteiger partial charge < -0.3 is 4.74 Å². The summed E-state index contributed by atoms with van der Waals surface area (Å²) in [5.74, 6) is -1.31. The van der Waals surface area contributed by atoms with Crippen LogP contribution >= 0.6 is 11.6 Å². The van der Waals surface area contributed by atoms with Gasteiger partial charge in [0.15, 0.2) is 5.82 Å². The highest BCUT2D eigenvalue weighted by molar-refractivity contribution is 6.31. The molecule has 0 atom stereocenters. The Labute approximate surface area is 105 Å². The van der Waals surface area contributed by atoms with Gasteiger partial charge in [-0.15, -0.1) is 0 Å². The monoisotopic (exact) mass is 256 g/mol. The Hall–Kier alpha value is -1.09. The summed E-state index contributed by atoms with van der Waals surface area (Å²) in [5, 5.41) is -0.0527. The molecule has 92 valence electrons. The van der Waals surface area contributed by atoms with Crippen molar-refractivity contribution in [2.45, 2.75) is 38.2 Å². The number of benzene rings is 1. The molecule has 0 spiro atoms. The summed E-state index contributed by atoms with van der Waals surface area (Å²) in [6.45, 7) is 0. The average molecular weight is 257 g/mol. The number of carbonyl (C=O) groups is 1. The van der Waals surface area contributed by atoms with Gasteiger partial charge in [-0.2, -0.15) is 0 Å². The van der Waals surface area contributed by atoms with E-state index in [2.05, 4.69) is 0 Å². The average Bonchev–Trinajstić information content (AvgIpc) is 2.34. The van der Waals surface area contributed by atoms with Crippen molar-refractivity contribution >= 4 is 17.6 Å². The van der Waals surface area contributed by atoms with Crippen molar-refractivity contribution in [3.63, 3.8) is 0 Å². The van der Waals surface area contributed by atoms with Crippen LogP contribution < -0.4 is 0 Å². The van der Waals surface area contributed by atoms with Crippen LogP contribution in [0.3, 0.4) is 0 Å². The van der Waals surface area contributed by atoms with Crippen LogP contribution in [0.1, 0.15) is 42.5 Å². The molecule has 1 aliphatic rings. The lowest BCUT2D eigenvalue weighted by Crippen LogP contribution is -2.21. The number of esters is 1. The van der Waals surface area contributed by atoms with Gasteiger partial charge in [0.25, 0.3) is 0 Å². The highest BCUT2D eigenvalue weighted by Crippen LogP contribution is 2.23. The van der Waals surface area contributed by atoms with Gasteiger partial charge in [-0.05, 0) is 37.8 Å². The molecule has 4 heteroatoms. The zero-order valence-corrected chi connectivity index (χ0v) is 10.2. The standard InChI is InChI=1S/C13H14ClFO2/c14-11-8-4-7-10(12(11)15)13(16)17-9-5-2-1-3-6-9/h4,7-9H,1-3,5-6H2. The lowest BCUT2D eigenvalue weighted by molar-refractivity contribution is 0.0206. The Kier molecular flexibility index (Phi) is 4.00. The molecule has 0 bridgehead atoms. The van der Waals surface area contributed by atoms with E-state index < -0.39 is 11.8 Å². The second-order valence-corrected chi connectivity index (χ2v) is 4.67. The van der Waals surface area contributed by atoms with E-state index in [0.717, 1.165) is 25.7 Å². The first kappa shape index (κ1) is 12.4. The minimum atomic E-state index is -0.699. The van der Waals surface area contributed by atoms with Crippen molar-refractivity contribution in [1.29, 1.82) is 0 Å². The van der Waals surface area contributed by atoms with Crippen LogP contribution in [-0.4, -0.2) is 12.1 Å². The summed E-state index contributed by atoms with van der Waals surface area (Å²) in [7, 11) is 0. The van der Waals surface area contributed by atoms with Crippen LogP contribution in [0, 0.1) is 5.82 Å². The number of ether oxygens (including phenoxy) is 1. The second kappa shape index (κ2) is 5.50.